The molecule has 17 heavy (non-hydrogen) atoms. The van der Waals surface area contributed by atoms with Gasteiger partial charge in [-0.15, -0.1) is 13.2 Å². The predicted molar refractivity (Wildman–Crippen MR) is 63.3 cm³/mol. The Kier molecular flexibility index (Phi) is 3.15. The molecule has 0 atom stereocenters. The Hall–Kier alpha value is -1.05. The van der Waals surface area contributed by atoms with Gasteiger partial charge in [0.25, 0.3) is 0 Å². The van der Waals surface area contributed by atoms with Crippen LogP contribution in [-0.4, -0.2) is 6.36 Å². The van der Waals surface area contributed by atoms with Crippen molar-refractivity contribution in [1.82, 2.24) is 0 Å². The van der Waals surface area contributed by atoms with E-state index >= 15 is 0 Å². The molecule has 0 saturated carbocycles. The lowest BCUT2D eigenvalue weighted by Gasteiger charge is -2.13. The quantitative estimate of drug-likeness (QED) is 0.541. The number of alkyl halides is 3. The molecule has 0 N–H and O–H groups in total. The summed E-state index contributed by atoms with van der Waals surface area (Å²) in [5.41, 5.74) is 0. The maximum atomic E-state index is 13.4. The van der Waals surface area contributed by atoms with Crippen molar-refractivity contribution in [3.8, 4) is 5.75 Å². The normalized spacial score (nSPS) is 11.8. The Balaban J connectivity index is 2.71. The van der Waals surface area contributed by atoms with Crippen LogP contribution in [0.2, 0.25) is 0 Å². The van der Waals surface area contributed by atoms with E-state index in [2.05, 4.69) is 4.74 Å². The molecular weight excluding hydrogens is 351 g/mol. The van der Waals surface area contributed by atoms with E-state index < -0.39 is 17.9 Å². The van der Waals surface area contributed by atoms with Crippen molar-refractivity contribution in [2.45, 2.75) is 6.36 Å². The molecule has 2 aromatic carbocycles. The summed E-state index contributed by atoms with van der Waals surface area (Å²) < 4.78 is 54.2. The molecule has 0 unspecified atom stereocenters. The van der Waals surface area contributed by atoms with E-state index in [1.807, 2.05) is 22.6 Å². The highest BCUT2D eigenvalue weighted by Crippen LogP contribution is 2.35. The predicted octanol–water partition coefficient (Wildman–Crippen LogP) is 4.48. The molecule has 0 bridgehead atoms. The van der Waals surface area contributed by atoms with Crippen LogP contribution >= 0.6 is 22.6 Å². The van der Waals surface area contributed by atoms with E-state index in [1.165, 1.54) is 6.07 Å². The lowest BCUT2D eigenvalue weighted by Crippen LogP contribution is -2.18. The molecule has 0 fully saturated rings. The standard InChI is InChI=1S/C11H5F4IO/c12-7-5-4-6-2-1-3-8(16)9(6)10(7)17-11(13,14)15/h1-5H. The average molecular weight is 356 g/mol. The molecular formula is C11H5F4IO. The molecule has 0 radical (unpaired) electrons. The van der Waals surface area contributed by atoms with Crippen molar-refractivity contribution < 1.29 is 22.3 Å². The van der Waals surface area contributed by atoms with Gasteiger partial charge in [-0.05, 0) is 40.1 Å². The summed E-state index contributed by atoms with van der Waals surface area (Å²) in [7, 11) is 0. The maximum Gasteiger partial charge on any atom is 0.573 e. The highest BCUT2D eigenvalue weighted by atomic mass is 127. The first kappa shape index (κ1) is 12.4. The van der Waals surface area contributed by atoms with Gasteiger partial charge in [-0.1, -0.05) is 18.2 Å². The van der Waals surface area contributed by atoms with Crippen LogP contribution in [0.3, 0.4) is 0 Å². The zero-order valence-corrected chi connectivity index (χ0v) is 10.3. The summed E-state index contributed by atoms with van der Waals surface area (Å²) in [6.45, 7) is 0. The number of ether oxygens (including phenoxy) is 1. The Morgan fingerprint density at radius 1 is 1.06 bits per heavy atom. The van der Waals surface area contributed by atoms with Gasteiger partial charge in [0.05, 0.1) is 0 Å². The van der Waals surface area contributed by atoms with Crippen molar-refractivity contribution in [3.05, 3.63) is 39.7 Å². The van der Waals surface area contributed by atoms with Gasteiger partial charge >= 0.3 is 6.36 Å². The van der Waals surface area contributed by atoms with Crippen LogP contribution in [-0.2, 0) is 0 Å². The van der Waals surface area contributed by atoms with Gasteiger partial charge in [-0.25, -0.2) is 4.39 Å². The second kappa shape index (κ2) is 4.32. The molecule has 0 aromatic heterocycles. The number of hydrogen-bond donors (Lipinski definition) is 0. The number of hydrogen-bond acceptors (Lipinski definition) is 1. The van der Waals surface area contributed by atoms with Gasteiger partial charge < -0.3 is 4.74 Å². The van der Waals surface area contributed by atoms with Crippen molar-refractivity contribution in [3.63, 3.8) is 0 Å². The Morgan fingerprint density at radius 2 is 1.76 bits per heavy atom. The fourth-order valence-corrected chi connectivity index (χ4v) is 2.26. The number of rotatable bonds is 1. The first-order valence-electron chi connectivity index (χ1n) is 4.51. The maximum absolute atomic E-state index is 13.4. The van der Waals surface area contributed by atoms with Gasteiger partial charge in [0, 0.05) is 8.96 Å². The molecule has 2 rings (SSSR count). The van der Waals surface area contributed by atoms with Gasteiger partial charge in [-0.3, -0.25) is 0 Å². The molecule has 0 saturated heterocycles. The van der Waals surface area contributed by atoms with E-state index in [9.17, 15) is 17.6 Å². The minimum absolute atomic E-state index is 0.130. The lowest BCUT2D eigenvalue weighted by atomic mass is 10.1. The first-order valence-corrected chi connectivity index (χ1v) is 5.59. The van der Waals surface area contributed by atoms with Crippen LogP contribution in [0.4, 0.5) is 17.6 Å². The molecule has 6 heteroatoms. The average Bonchev–Trinajstić information content (AvgIpc) is 2.21. The smallest absolute Gasteiger partial charge is 0.402 e. The number of fused-ring (bicyclic) bond motifs is 1. The molecule has 0 aliphatic heterocycles. The molecule has 0 spiro atoms. The summed E-state index contributed by atoms with van der Waals surface area (Å²) in [5.74, 6) is -1.81. The van der Waals surface area contributed by atoms with E-state index in [0.29, 0.717) is 8.96 Å². The van der Waals surface area contributed by atoms with Crippen LogP contribution < -0.4 is 4.74 Å². The third-order valence-corrected chi connectivity index (χ3v) is 3.02. The van der Waals surface area contributed by atoms with Gasteiger partial charge in [0.2, 0.25) is 0 Å². The number of benzene rings is 2. The van der Waals surface area contributed by atoms with Crippen molar-refractivity contribution >= 4 is 33.4 Å². The fraction of sp³-hybridized carbons (Fsp3) is 0.0909. The minimum atomic E-state index is -4.91. The summed E-state index contributed by atoms with van der Waals surface area (Å²) >= 11 is 1.84. The fourth-order valence-electron chi connectivity index (χ4n) is 1.49. The summed E-state index contributed by atoms with van der Waals surface area (Å²) in [6, 6.07) is 7.24. The molecule has 0 heterocycles. The summed E-state index contributed by atoms with van der Waals surface area (Å²) in [4.78, 5) is 0. The van der Waals surface area contributed by atoms with E-state index in [4.69, 9.17) is 0 Å². The Bertz CT molecular complexity index is 565. The molecule has 0 aliphatic rings. The summed E-state index contributed by atoms with van der Waals surface area (Å²) in [6.07, 6.45) is -4.91. The van der Waals surface area contributed by atoms with Crippen molar-refractivity contribution in [2.75, 3.05) is 0 Å². The Labute approximate surface area is 108 Å². The topological polar surface area (TPSA) is 9.23 Å². The highest BCUT2D eigenvalue weighted by Gasteiger charge is 2.33. The third-order valence-electron chi connectivity index (χ3n) is 2.12. The SMILES string of the molecule is Fc1ccc2cccc(I)c2c1OC(F)(F)F. The lowest BCUT2D eigenvalue weighted by molar-refractivity contribution is -0.275. The Morgan fingerprint density at radius 3 is 2.41 bits per heavy atom. The second-order valence-corrected chi connectivity index (χ2v) is 4.42. The molecule has 90 valence electrons. The molecule has 1 nitrogen and oxygen atoms in total. The van der Waals surface area contributed by atoms with Crippen LogP contribution in [0.25, 0.3) is 10.8 Å². The minimum Gasteiger partial charge on any atom is -0.402 e. The first-order chi connectivity index (χ1) is 7.88. The van der Waals surface area contributed by atoms with Crippen LogP contribution in [0.1, 0.15) is 0 Å². The van der Waals surface area contributed by atoms with Gasteiger partial charge in [0.1, 0.15) is 0 Å². The molecule has 0 amide bonds. The van der Waals surface area contributed by atoms with Gasteiger partial charge in [0.15, 0.2) is 11.6 Å². The second-order valence-electron chi connectivity index (χ2n) is 3.26. The largest absolute Gasteiger partial charge is 0.573 e. The third kappa shape index (κ3) is 2.62. The van der Waals surface area contributed by atoms with Crippen LogP contribution in [0, 0.1) is 9.39 Å². The van der Waals surface area contributed by atoms with Crippen molar-refractivity contribution in [1.29, 1.82) is 0 Å². The van der Waals surface area contributed by atoms with Crippen LogP contribution in [0.5, 0.6) is 5.75 Å². The number of halogens is 5. The monoisotopic (exact) mass is 356 g/mol. The summed E-state index contributed by atoms with van der Waals surface area (Å²) in [5, 5.41) is 0.628. The van der Waals surface area contributed by atoms with Crippen molar-refractivity contribution in [2.24, 2.45) is 0 Å². The zero-order chi connectivity index (χ0) is 12.6. The highest BCUT2D eigenvalue weighted by molar-refractivity contribution is 14.1. The molecule has 0 aliphatic carbocycles. The van der Waals surface area contributed by atoms with E-state index in [1.54, 1.807) is 18.2 Å². The zero-order valence-electron chi connectivity index (χ0n) is 8.18. The van der Waals surface area contributed by atoms with Gasteiger partial charge in [-0.2, -0.15) is 0 Å². The van der Waals surface area contributed by atoms with Crippen LogP contribution in [0.15, 0.2) is 30.3 Å². The molecule has 2 aromatic rings. The van der Waals surface area contributed by atoms with E-state index in [-0.39, 0.29) is 5.39 Å². The van der Waals surface area contributed by atoms with E-state index in [0.717, 1.165) is 6.07 Å².